The summed E-state index contributed by atoms with van der Waals surface area (Å²) >= 11 is 2.23. The number of hydrogen-bond acceptors (Lipinski definition) is 3. The monoisotopic (exact) mass is 439 g/mol. The molecule has 0 aromatic heterocycles. The fraction of sp³-hybridized carbons (Fsp3) is 0.316. The normalized spacial score (nSPS) is 10.5. The standard InChI is InChI=1S/C19H22INO3/c1-3-4-11-24-13-15-12-14(5-10-18(15)23-2)19(22)21-17-8-6-16(20)7-9-17/h5-10,12H,3-4,11,13H2,1-2H3,(H,21,22). The van der Waals surface area contributed by atoms with Gasteiger partial charge in [0.2, 0.25) is 0 Å². The van der Waals surface area contributed by atoms with E-state index in [2.05, 4.69) is 34.8 Å². The number of amides is 1. The van der Waals surface area contributed by atoms with Gasteiger partial charge >= 0.3 is 0 Å². The molecule has 0 saturated heterocycles. The predicted molar refractivity (Wildman–Crippen MR) is 105 cm³/mol. The van der Waals surface area contributed by atoms with Crippen LogP contribution in [0.2, 0.25) is 0 Å². The third kappa shape index (κ3) is 5.49. The minimum atomic E-state index is -0.145. The maximum Gasteiger partial charge on any atom is 0.255 e. The van der Waals surface area contributed by atoms with Crippen LogP contribution in [0, 0.1) is 3.57 Å². The molecule has 128 valence electrons. The Hall–Kier alpha value is -1.60. The van der Waals surface area contributed by atoms with Gasteiger partial charge in [-0.2, -0.15) is 0 Å². The van der Waals surface area contributed by atoms with Crippen molar-refractivity contribution in [2.75, 3.05) is 19.0 Å². The molecule has 0 aliphatic heterocycles. The molecule has 0 aliphatic carbocycles. The minimum Gasteiger partial charge on any atom is -0.496 e. The van der Waals surface area contributed by atoms with Crippen LogP contribution in [0.15, 0.2) is 42.5 Å². The topological polar surface area (TPSA) is 47.6 Å². The quantitative estimate of drug-likeness (QED) is 0.472. The van der Waals surface area contributed by atoms with E-state index < -0.39 is 0 Å². The third-order valence-electron chi connectivity index (χ3n) is 3.54. The molecule has 2 aromatic rings. The molecule has 0 atom stereocenters. The molecule has 1 N–H and O–H groups in total. The Kier molecular flexibility index (Phi) is 7.52. The molecule has 0 fully saturated rings. The highest BCUT2D eigenvalue weighted by Gasteiger charge is 2.11. The highest BCUT2D eigenvalue weighted by atomic mass is 127. The zero-order chi connectivity index (χ0) is 17.4. The van der Waals surface area contributed by atoms with E-state index in [0.29, 0.717) is 18.8 Å². The Morgan fingerprint density at radius 3 is 2.58 bits per heavy atom. The van der Waals surface area contributed by atoms with E-state index in [-0.39, 0.29) is 5.91 Å². The van der Waals surface area contributed by atoms with E-state index in [1.807, 2.05) is 30.3 Å². The van der Waals surface area contributed by atoms with Crippen molar-refractivity contribution < 1.29 is 14.3 Å². The van der Waals surface area contributed by atoms with E-state index in [9.17, 15) is 4.79 Å². The van der Waals surface area contributed by atoms with E-state index in [0.717, 1.165) is 33.4 Å². The average Bonchev–Trinajstić information content (AvgIpc) is 2.60. The highest BCUT2D eigenvalue weighted by molar-refractivity contribution is 14.1. The predicted octanol–water partition coefficient (Wildman–Crippen LogP) is 4.87. The Balaban J connectivity index is 2.08. The van der Waals surface area contributed by atoms with Gasteiger partial charge in [0.25, 0.3) is 5.91 Å². The summed E-state index contributed by atoms with van der Waals surface area (Å²) in [7, 11) is 1.62. The van der Waals surface area contributed by atoms with Crippen LogP contribution in [0.3, 0.4) is 0 Å². The van der Waals surface area contributed by atoms with Crippen LogP contribution in [-0.4, -0.2) is 19.6 Å². The van der Waals surface area contributed by atoms with Crippen molar-refractivity contribution in [2.45, 2.75) is 26.4 Å². The summed E-state index contributed by atoms with van der Waals surface area (Å²) in [6.45, 7) is 3.27. The number of nitrogens with one attached hydrogen (secondary N) is 1. The smallest absolute Gasteiger partial charge is 0.255 e. The van der Waals surface area contributed by atoms with Crippen LogP contribution in [0.4, 0.5) is 5.69 Å². The van der Waals surface area contributed by atoms with Crippen molar-refractivity contribution in [3.63, 3.8) is 0 Å². The molecule has 2 rings (SSSR count). The van der Waals surface area contributed by atoms with Crippen LogP contribution < -0.4 is 10.1 Å². The first kappa shape index (κ1) is 18.7. The number of ether oxygens (including phenoxy) is 2. The van der Waals surface area contributed by atoms with E-state index >= 15 is 0 Å². The van der Waals surface area contributed by atoms with Gasteiger partial charge in [-0.3, -0.25) is 4.79 Å². The molecule has 0 saturated carbocycles. The van der Waals surface area contributed by atoms with Gasteiger partial charge < -0.3 is 14.8 Å². The molecular formula is C19H22INO3. The maximum atomic E-state index is 12.4. The van der Waals surface area contributed by atoms with Gasteiger partial charge in [0, 0.05) is 27.0 Å². The lowest BCUT2D eigenvalue weighted by molar-refractivity contribution is 0.102. The Morgan fingerprint density at radius 2 is 1.92 bits per heavy atom. The van der Waals surface area contributed by atoms with Crippen LogP contribution in [0.1, 0.15) is 35.7 Å². The van der Waals surface area contributed by atoms with Crippen molar-refractivity contribution in [3.8, 4) is 5.75 Å². The molecule has 4 nitrogen and oxygen atoms in total. The highest BCUT2D eigenvalue weighted by Crippen LogP contribution is 2.22. The molecule has 0 spiro atoms. The first-order valence-corrected chi connectivity index (χ1v) is 9.03. The number of carbonyl (C=O) groups is 1. The average molecular weight is 439 g/mol. The summed E-state index contributed by atoms with van der Waals surface area (Å²) in [6, 6.07) is 13.1. The van der Waals surface area contributed by atoms with Crippen LogP contribution in [0.5, 0.6) is 5.75 Å². The lowest BCUT2D eigenvalue weighted by Gasteiger charge is -2.12. The first-order chi connectivity index (χ1) is 11.6. The van der Waals surface area contributed by atoms with Crippen LogP contribution in [-0.2, 0) is 11.3 Å². The molecule has 5 heteroatoms. The zero-order valence-electron chi connectivity index (χ0n) is 14.0. The first-order valence-electron chi connectivity index (χ1n) is 7.95. The van der Waals surface area contributed by atoms with E-state index in [1.54, 1.807) is 19.2 Å². The maximum absolute atomic E-state index is 12.4. The lowest BCUT2D eigenvalue weighted by atomic mass is 10.1. The molecule has 0 radical (unpaired) electrons. The van der Waals surface area contributed by atoms with E-state index in [1.165, 1.54) is 0 Å². The van der Waals surface area contributed by atoms with Gasteiger partial charge in [0.1, 0.15) is 5.75 Å². The number of carbonyl (C=O) groups excluding carboxylic acids is 1. The van der Waals surface area contributed by atoms with E-state index in [4.69, 9.17) is 9.47 Å². The summed E-state index contributed by atoms with van der Waals surface area (Å²) < 4.78 is 12.1. The van der Waals surface area contributed by atoms with Gasteiger partial charge in [-0.1, -0.05) is 13.3 Å². The van der Waals surface area contributed by atoms with Crippen molar-refractivity contribution >= 4 is 34.2 Å². The second-order valence-electron chi connectivity index (χ2n) is 5.39. The van der Waals surface area contributed by atoms with Crippen molar-refractivity contribution in [1.82, 2.24) is 0 Å². The number of halogens is 1. The van der Waals surface area contributed by atoms with Gasteiger partial charge in [0.05, 0.1) is 13.7 Å². The number of benzene rings is 2. The molecule has 0 unspecified atom stereocenters. The van der Waals surface area contributed by atoms with Gasteiger partial charge in [-0.15, -0.1) is 0 Å². The van der Waals surface area contributed by atoms with Crippen molar-refractivity contribution in [2.24, 2.45) is 0 Å². The number of unbranched alkanes of at least 4 members (excludes halogenated alkanes) is 1. The Morgan fingerprint density at radius 1 is 1.17 bits per heavy atom. The zero-order valence-corrected chi connectivity index (χ0v) is 16.1. The number of methoxy groups -OCH3 is 1. The second kappa shape index (κ2) is 9.64. The van der Waals surface area contributed by atoms with Crippen LogP contribution in [0.25, 0.3) is 0 Å². The Labute approximate surface area is 156 Å². The fourth-order valence-corrected chi connectivity index (χ4v) is 2.56. The number of rotatable bonds is 8. The summed E-state index contributed by atoms with van der Waals surface area (Å²) in [5, 5.41) is 2.90. The lowest BCUT2D eigenvalue weighted by Crippen LogP contribution is -2.12. The van der Waals surface area contributed by atoms with Crippen molar-refractivity contribution in [1.29, 1.82) is 0 Å². The van der Waals surface area contributed by atoms with Crippen molar-refractivity contribution in [3.05, 3.63) is 57.2 Å². The van der Waals surface area contributed by atoms with Gasteiger partial charge in [0.15, 0.2) is 0 Å². The molecule has 2 aromatic carbocycles. The van der Waals surface area contributed by atoms with Gasteiger partial charge in [-0.05, 0) is 71.5 Å². The number of anilines is 1. The molecule has 0 heterocycles. The molecular weight excluding hydrogens is 417 g/mol. The molecule has 0 bridgehead atoms. The SMILES string of the molecule is CCCCOCc1cc(C(=O)Nc2ccc(I)cc2)ccc1OC. The minimum absolute atomic E-state index is 0.145. The summed E-state index contributed by atoms with van der Waals surface area (Å²) in [5.41, 5.74) is 2.24. The number of hydrogen-bond donors (Lipinski definition) is 1. The third-order valence-corrected chi connectivity index (χ3v) is 4.26. The van der Waals surface area contributed by atoms with Crippen LogP contribution >= 0.6 is 22.6 Å². The second-order valence-corrected chi connectivity index (χ2v) is 6.64. The Bertz CT molecular complexity index is 671. The molecule has 24 heavy (non-hydrogen) atoms. The molecule has 0 aliphatic rings. The summed E-state index contributed by atoms with van der Waals surface area (Å²) in [5.74, 6) is 0.589. The largest absolute Gasteiger partial charge is 0.496 e. The molecule has 1 amide bonds. The van der Waals surface area contributed by atoms with Gasteiger partial charge in [-0.25, -0.2) is 0 Å². The fourth-order valence-electron chi connectivity index (χ4n) is 2.20. The summed E-state index contributed by atoms with van der Waals surface area (Å²) in [4.78, 5) is 12.4. The summed E-state index contributed by atoms with van der Waals surface area (Å²) in [6.07, 6.45) is 2.12.